The molecule has 2 aliphatic rings. The molecule has 1 atom stereocenters. The van der Waals surface area contributed by atoms with Gasteiger partial charge in [-0.05, 0) is 18.8 Å². The summed E-state index contributed by atoms with van der Waals surface area (Å²) < 4.78 is 0. The Morgan fingerprint density at radius 3 is 2.75 bits per heavy atom. The summed E-state index contributed by atoms with van der Waals surface area (Å²) in [6, 6.07) is -0.0118. The number of piperazine rings is 1. The highest BCUT2D eigenvalue weighted by Crippen LogP contribution is 2.33. The minimum absolute atomic E-state index is 0.0118. The van der Waals surface area contributed by atoms with E-state index in [-0.39, 0.29) is 24.4 Å². The molecule has 2 rings (SSSR count). The van der Waals surface area contributed by atoms with Crippen molar-refractivity contribution in [1.29, 1.82) is 0 Å². The Balaban J connectivity index is 1.82. The molecule has 0 radical (unpaired) electrons. The Bertz CT molecular complexity index is 302. The van der Waals surface area contributed by atoms with Crippen LogP contribution >= 0.6 is 0 Å². The molecule has 2 amide bonds. The van der Waals surface area contributed by atoms with Crippen molar-refractivity contribution >= 4 is 11.8 Å². The second-order valence-electron chi connectivity index (χ2n) is 4.84. The van der Waals surface area contributed by atoms with Gasteiger partial charge in [-0.15, -0.1) is 0 Å². The normalized spacial score (nSPS) is 23.5. The van der Waals surface area contributed by atoms with Crippen molar-refractivity contribution < 1.29 is 9.59 Å². The van der Waals surface area contributed by atoms with E-state index in [4.69, 9.17) is 5.73 Å². The predicted octanol–water partition coefficient (Wildman–Crippen LogP) is -0.586. The number of hydrogen-bond acceptors (Lipinski definition) is 3. The van der Waals surface area contributed by atoms with E-state index in [1.165, 1.54) is 0 Å². The van der Waals surface area contributed by atoms with Crippen LogP contribution in [0.4, 0.5) is 0 Å². The Labute approximate surface area is 95.6 Å². The first kappa shape index (κ1) is 11.4. The third-order valence-corrected chi connectivity index (χ3v) is 3.45. The number of nitrogens with zero attached hydrogens (tertiary/aromatic N) is 2. The number of carbonyl (C=O) groups excluding carboxylic acids is 2. The highest BCUT2D eigenvalue weighted by Gasteiger charge is 2.32. The molecule has 2 fully saturated rings. The Morgan fingerprint density at radius 2 is 2.19 bits per heavy atom. The van der Waals surface area contributed by atoms with Crippen molar-refractivity contribution in [1.82, 2.24) is 9.80 Å². The van der Waals surface area contributed by atoms with Gasteiger partial charge in [0, 0.05) is 32.6 Å². The molecule has 0 bridgehead atoms. The van der Waals surface area contributed by atoms with Crippen molar-refractivity contribution in [2.75, 3.05) is 26.7 Å². The zero-order valence-corrected chi connectivity index (χ0v) is 9.69. The van der Waals surface area contributed by atoms with Gasteiger partial charge in [-0.25, -0.2) is 0 Å². The molecule has 0 spiro atoms. The minimum atomic E-state index is -0.0118. The fourth-order valence-corrected chi connectivity index (χ4v) is 1.99. The van der Waals surface area contributed by atoms with Crippen molar-refractivity contribution in [3.05, 3.63) is 0 Å². The topological polar surface area (TPSA) is 66.6 Å². The molecule has 90 valence electrons. The van der Waals surface area contributed by atoms with Gasteiger partial charge in [-0.1, -0.05) is 0 Å². The van der Waals surface area contributed by atoms with Crippen molar-refractivity contribution in [2.24, 2.45) is 11.7 Å². The van der Waals surface area contributed by atoms with Crippen LogP contribution < -0.4 is 5.73 Å². The van der Waals surface area contributed by atoms with Gasteiger partial charge in [0.2, 0.25) is 11.8 Å². The van der Waals surface area contributed by atoms with Gasteiger partial charge in [0.15, 0.2) is 0 Å². The SMILES string of the molecule is CN1CCN(C(=O)CC(N)C2CC2)CC1=O. The molecule has 0 aromatic rings. The molecule has 16 heavy (non-hydrogen) atoms. The maximum absolute atomic E-state index is 11.9. The van der Waals surface area contributed by atoms with Crippen LogP contribution in [-0.2, 0) is 9.59 Å². The second-order valence-corrected chi connectivity index (χ2v) is 4.84. The van der Waals surface area contributed by atoms with Crippen LogP contribution in [0.3, 0.4) is 0 Å². The summed E-state index contributed by atoms with van der Waals surface area (Å²) in [5.74, 6) is 0.576. The predicted molar refractivity (Wildman–Crippen MR) is 59.5 cm³/mol. The van der Waals surface area contributed by atoms with Gasteiger partial charge < -0.3 is 15.5 Å². The van der Waals surface area contributed by atoms with Crippen LogP contribution in [0.15, 0.2) is 0 Å². The number of hydrogen-bond donors (Lipinski definition) is 1. The maximum Gasteiger partial charge on any atom is 0.241 e. The van der Waals surface area contributed by atoms with E-state index in [0.29, 0.717) is 25.4 Å². The van der Waals surface area contributed by atoms with Crippen molar-refractivity contribution in [2.45, 2.75) is 25.3 Å². The van der Waals surface area contributed by atoms with Gasteiger partial charge >= 0.3 is 0 Å². The number of amides is 2. The highest BCUT2D eigenvalue weighted by atomic mass is 16.2. The lowest BCUT2D eigenvalue weighted by atomic mass is 10.1. The quantitative estimate of drug-likeness (QED) is 0.698. The van der Waals surface area contributed by atoms with Crippen LogP contribution in [0.25, 0.3) is 0 Å². The minimum Gasteiger partial charge on any atom is -0.342 e. The van der Waals surface area contributed by atoms with E-state index in [2.05, 4.69) is 0 Å². The zero-order chi connectivity index (χ0) is 11.7. The third kappa shape index (κ3) is 2.52. The molecule has 5 nitrogen and oxygen atoms in total. The molecular weight excluding hydrogens is 206 g/mol. The van der Waals surface area contributed by atoms with E-state index < -0.39 is 0 Å². The van der Waals surface area contributed by atoms with Crippen LogP contribution in [-0.4, -0.2) is 54.3 Å². The lowest BCUT2D eigenvalue weighted by molar-refractivity contribution is -0.144. The maximum atomic E-state index is 11.9. The largest absolute Gasteiger partial charge is 0.342 e. The number of rotatable bonds is 3. The first-order valence-corrected chi connectivity index (χ1v) is 5.85. The summed E-state index contributed by atoms with van der Waals surface area (Å²) in [6.45, 7) is 1.48. The van der Waals surface area contributed by atoms with Crippen LogP contribution in [0, 0.1) is 5.92 Å². The number of likely N-dealkylation sites (N-methyl/N-ethyl adjacent to an activating group) is 1. The molecule has 1 saturated carbocycles. The molecular formula is C11H19N3O2. The second kappa shape index (κ2) is 4.41. The van der Waals surface area contributed by atoms with Crippen LogP contribution in [0.5, 0.6) is 0 Å². The van der Waals surface area contributed by atoms with Crippen molar-refractivity contribution in [3.8, 4) is 0 Å². The molecule has 1 saturated heterocycles. The number of carbonyl (C=O) groups is 2. The first-order chi connectivity index (χ1) is 7.58. The summed E-state index contributed by atoms with van der Waals surface area (Å²) in [6.07, 6.45) is 2.69. The summed E-state index contributed by atoms with van der Waals surface area (Å²) >= 11 is 0. The summed E-state index contributed by atoms with van der Waals surface area (Å²) in [5.41, 5.74) is 5.91. The average molecular weight is 225 g/mol. The third-order valence-electron chi connectivity index (χ3n) is 3.45. The van der Waals surface area contributed by atoms with E-state index in [0.717, 1.165) is 12.8 Å². The van der Waals surface area contributed by atoms with E-state index >= 15 is 0 Å². The van der Waals surface area contributed by atoms with Gasteiger partial charge in [-0.3, -0.25) is 9.59 Å². The van der Waals surface area contributed by atoms with Gasteiger partial charge in [0.1, 0.15) is 0 Å². The average Bonchev–Trinajstić information content (AvgIpc) is 3.05. The van der Waals surface area contributed by atoms with Crippen LogP contribution in [0.1, 0.15) is 19.3 Å². The Hall–Kier alpha value is -1.10. The lowest BCUT2D eigenvalue weighted by Crippen LogP contribution is -2.51. The number of nitrogens with two attached hydrogens (primary N) is 1. The highest BCUT2D eigenvalue weighted by molar-refractivity contribution is 5.86. The lowest BCUT2D eigenvalue weighted by Gasteiger charge is -2.32. The Kier molecular flexibility index (Phi) is 3.14. The first-order valence-electron chi connectivity index (χ1n) is 5.85. The van der Waals surface area contributed by atoms with Gasteiger partial charge in [-0.2, -0.15) is 0 Å². The molecule has 1 aliphatic heterocycles. The van der Waals surface area contributed by atoms with E-state index in [1.807, 2.05) is 0 Å². The van der Waals surface area contributed by atoms with E-state index in [1.54, 1.807) is 16.8 Å². The summed E-state index contributed by atoms with van der Waals surface area (Å²) in [7, 11) is 1.76. The van der Waals surface area contributed by atoms with Crippen molar-refractivity contribution in [3.63, 3.8) is 0 Å². The van der Waals surface area contributed by atoms with Gasteiger partial charge in [0.05, 0.1) is 6.54 Å². The zero-order valence-electron chi connectivity index (χ0n) is 9.69. The Morgan fingerprint density at radius 1 is 1.50 bits per heavy atom. The summed E-state index contributed by atoms with van der Waals surface area (Å²) in [5, 5.41) is 0. The smallest absolute Gasteiger partial charge is 0.241 e. The van der Waals surface area contributed by atoms with Gasteiger partial charge in [0.25, 0.3) is 0 Å². The molecule has 5 heteroatoms. The molecule has 2 N–H and O–H groups in total. The molecule has 1 aliphatic carbocycles. The molecule has 0 aromatic heterocycles. The van der Waals surface area contributed by atoms with Crippen LogP contribution in [0.2, 0.25) is 0 Å². The molecule has 1 unspecified atom stereocenters. The standard InChI is InChI=1S/C11H19N3O2/c1-13-4-5-14(7-11(13)16)10(15)6-9(12)8-2-3-8/h8-9H,2-7,12H2,1H3. The molecule has 0 aromatic carbocycles. The fourth-order valence-electron chi connectivity index (χ4n) is 1.99. The fraction of sp³-hybridized carbons (Fsp3) is 0.818. The monoisotopic (exact) mass is 225 g/mol. The van der Waals surface area contributed by atoms with E-state index in [9.17, 15) is 9.59 Å². The molecule has 1 heterocycles. The summed E-state index contributed by atoms with van der Waals surface area (Å²) in [4.78, 5) is 26.6.